The summed E-state index contributed by atoms with van der Waals surface area (Å²) in [6.45, 7) is 7.62. The number of methoxy groups -OCH3 is 1. The van der Waals surface area contributed by atoms with Crippen LogP contribution in [0.25, 0.3) is 0 Å². The number of nitrogens with one attached hydrogen (secondary N) is 1. The number of benzene rings is 1. The molecule has 2 rings (SSSR count). The average Bonchev–Trinajstić information content (AvgIpc) is 2.37. The minimum atomic E-state index is 0.00856. The molecule has 18 heavy (non-hydrogen) atoms. The molecule has 1 heterocycles. The van der Waals surface area contributed by atoms with E-state index < -0.39 is 0 Å². The second kappa shape index (κ2) is 5.47. The fourth-order valence-corrected chi connectivity index (χ4v) is 2.53. The first-order valence-electron chi connectivity index (χ1n) is 6.23. The van der Waals surface area contributed by atoms with Gasteiger partial charge in [0.15, 0.2) is 0 Å². The summed E-state index contributed by atoms with van der Waals surface area (Å²) < 4.78 is 11.4. The molecule has 0 spiro atoms. The first kappa shape index (κ1) is 13.7. The van der Waals surface area contributed by atoms with Gasteiger partial charge in [0.1, 0.15) is 5.75 Å². The molecular formula is C14H20ClNO2. The third-order valence-corrected chi connectivity index (χ3v) is 4.02. The Morgan fingerprint density at radius 3 is 2.72 bits per heavy atom. The van der Waals surface area contributed by atoms with Gasteiger partial charge in [-0.25, -0.2) is 0 Å². The van der Waals surface area contributed by atoms with E-state index in [0.29, 0.717) is 12.6 Å². The fourth-order valence-electron chi connectivity index (χ4n) is 2.38. The highest BCUT2D eigenvalue weighted by atomic mass is 35.5. The van der Waals surface area contributed by atoms with Crippen molar-refractivity contribution in [3.05, 3.63) is 27.8 Å². The van der Waals surface area contributed by atoms with E-state index in [1.54, 1.807) is 7.11 Å². The quantitative estimate of drug-likeness (QED) is 0.895. The Balaban J connectivity index is 2.39. The molecule has 1 aromatic rings. The number of ether oxygens (including phenoxy) is 2. The molecule has 3 nitrogen and oxygen atoms in total. The number of hydrogen-bond acceptors (Lipinski definition) is 3. The van der Waals surface area contributed by atoms with E-state index in [0.717, 1.165) is 34.0 Å². The van der Waals surface area contributed by atoms with Gasteiger partial charge in [-0.3, -0.25) is 0 Å². The Morgan fingerprint density at radius 2 is 2.17 bits per heavy atom. The minimum absolute atomic E-state index is 0.00856. The molecule has 0 amide bonds. The highest BCUT2D eigenvalue weighted by molar-refractivity contribution is 6.32. The lowest BCUT2D eigenvalue weighted by Gasteiger charge is -2.30. The topological polar surface area (TPSA) is 30.5 Å². The first-order valence-corrected chi connectivity index (χ1v) is 6.61. The van der Waals surface area contributed by atoms with Gasteiger partial charge in [0.05, 0.1) is 19.8 Å². The van der Waals surface area contributed by atoms with E-state index in [-0.39, 0.29) is 6.10 Å². The molecule has 1 fully saturated rings. The highest BCUT2D eigenvalue weighted by Gasteiger charge is 2.25. The normalized spacial score (nSPS) is 24.1. The summed E-state index contributed by atoms with van der Waals surface area (Å²) in [5.41, 5.74) is 3.15. The zero-order valence-electron chi connectivity index (χ0n) is 11.3. The Labute approximate surface area is 113 Å². The van der Waals surface area contributed by atoms with Gasteiger partial charge in [-0.15, -0.1) is 0 Å². The van der Waals surface area contributed by atoms with Gasteiger partial charge in [-0.05, 0) is 38.0 Å². The van der Waals surface area contributed by atoms with Gasteiger partial charge < -0.3 is 14.8 Å². The van der Waals surface area contributed by atoms with Crippen LogP contribution in [0.3, 0.4) is 0 Å². The average molecular weight is 270 g/mol. The van der Waals surface area contributed by atoms with Crippen molar-refractivity contribution in [3.8, 4) is 5.75 Å². The molecule has 4 heteroatoms. The van der Waals surface area contributed by atoms with Crippen molar-refractivity contribution in [2.24, 2.45) is 0 Å². The smallest absolute Gasteiger partial charge is 0.125 e. The molecule has 1 aliphatic rings. The SMILES string of the molecule is COc1cc(C)c(Cl)c(C)c1C1CNC(C)CO1. The number of morpholine rings is 1. The van der Waals surface area contributed by atoms with Crippen molar-refractivity contribution < 1.29 is 9.47 Å². The monoisotopic (exact) mass is 269 g/mol. The lowest BCUT2D eigenvalue weighted by molar-refractivity contribution is 0.00537. The summed E-state index contributed by atoms with van der Waals surface area (Å²) in [6, 6.07) is 2.37. The predicted molar refractivity (Wildman–Crippen MR) is 73.6 cm³/mol. The molecule has 1 aliphatic heterocycles. The molecule has 0 aromatic heterocycles. The van der Waals surface area contributed by atoms with Gasteiger partial charge >= 0.3 is 0 Å². The lowest BCUT2D eigenvalue weighted by atomic mass is 9.98. The van der Waals surface area contributed by atoms with Gasteiger partial charge in [-0.1, -0.05) is 11.6 Å². The third-order valence-electron chi connectivity index (χ3n) is 3.43. The summed E-state index contributed by atoms with van der Waals surface area (Å²) in [7, 11) is 1.69. The lowest BCUT2D eigenvalue weighted by Crippen LogP contribution is -2.41. The van der Waals surface area contributed by atoms with Crippen LogP contribution < -0.4 is 10.1 Å². The van der Waals surface area contributed by atoms with E-state index in [4.69, 9.17) is 21.1 Å². The van der Waals surface area contributed by atoms with Crippen LogP contribution in [0.2, 0.25) is 5.02 Å². The molecule has 1 saturated heterocycles. The van der Waals surface area contributed by atoms with Crippen LogP contribution in [-0.2, 0) is 4.74 Å². The summed E-state index contributed by atoms with van der Waals surface area (Å²) >= 11 is 6.33. The van der Waals surface area contributed by atoms with Crippen LogP contribution in [0.1, 0.15) is 29.7 Å². The maximum Gasteiger partial charge on any atom is 0.125 e. The predicted octanol–water partition coefficient (Wildman–Crippen LogP) is 3.01. The number of halogens is 1. The van der Waals surface area contributed by atoms with Crippen molar-refractivity contribution in [3.63, 3.8) is 0 Å². The van der Waals surface area contributed by atoms with Crippen LogP contribution >= 0.6 is 11.6 Å². The first-order chi connectivity index (χ1) is 8.54. The zero-order valence-corrected chi connectivity index (χ0v) is 12.1. The number of aryl methyl sites for hydroxylation is 1. The van der Waals surface area contributed by atoms with E-state index in [2.05, 4.69) is 12.2 Å². The summed E-state index contributed by atoms with van der Waals surface area (Å²) in [6.07, 6.45) is 0.00856. The van der Waals surface area contributed by atoms with Gasteiger partial charge in [0.25, 0.3) is 0 Å². The molecule has 1 N–H and O–H groups in total. The molecule has 0 bridgehead atoms. The second-order valence-corrected chi connectivity index (χ2v) is 5.26. The minimum Gasteiger partial charge on any atom is -0.496 e. The van der Waals surface area contributed by atoms with Crippen molar-refractivity contribution in [2.45, 2.75) is 32.9 Å². The zero-order chi connectivity index (χ0) is 13.3. The van der Waals surface area contributed by atoms with E-state index in [9.17, 15) is 0 Å². The van der Waals surface area contributed by atoms with Gasteiger partial charge in [-0.2, -0.15) is 0 Å². The van der Waals surface area contributed by atoms with Crippen LogP contribution in [0.4, 0.5) is 0 Å². The van der Waals surface area contributed by atoms with Crippen LogP contribution in [0.15, 0.2) is 6.07 Å². The molecule has 2 atom stereocenters. The molecule has 2 unspecified atom stereocenters. The van der Waals surface area contributed by atoms with E-state index >= 15 is 0 Å². The van der Waals surface area contributed by atoms with Crippen molar-refractivity contribution in [1.82, 2.24) is 5.32 Å². The molecule has 100 valence electrons. The van der Waals surface area contributed by atoms with Crippen molar-refractivity contribution in [2.75, 3.05) is 20.3 Å². The second-order valence-electron chi connectivity index (χ2n) is 4.88. The standard InChI is InChI=1S/C14H20ClNO2/c1-8-5-11(17-4)13(10(3)14(8)15)12-6-16-9(2)7-18-12/h5,9,12,16H,6-7H2,1-4H3. The third kappa shape index (κ3) is 2.48. The van der Waals surface area contributed by atoms with Crippen molar-refractivity contribution >= 4 is 11.6 Å². The Bertz CT molecular complexity index is 440. The molecule has 1 aromatic carbocycles. The fraction of sp³-hybridized carbons (Fsp3) is 0.571. The Kier molecular flexibility index (Phi) is 4.15. The van der Waals surface area contributed by atoms with Crippen LogP contribution in [-0.4, -0.2) is 26.3 Å². The number of rotatable bonds is 2. The van der Waals surface area contributed by atoms with Crippen LogP contribution in [0, 0.1) is 13.8 Å². The summed E-state index contributed by atoms with van der Waals surface area (Å²) in [4.78, 5) is 0. The maximum absolute atomic E-state index is 6.33. The van der Waals surface area contributed by atoms with Crippen LogP contribution in [0.5, 0.6) is 5.75 Å². The summed E-state index contributed by atoms with van der Waals surface area (Å²) in [5.74, 6) is 0.857. The maximum atomic E-state index is 6.33. The van der Waals surface area contributed by atoms with E-state index in [1.165, 1.54) is 0 Å². The van der Waals surface area contributed by atoms with E-state index in [1.807, 2.05) is 19.9 Å². The largest absolute Gasteiger partial charge is 0.496 e. The summed E-state index contributed by atoms with van der Waals surface area (Å²) in [5, 5.41) is 4.22. The van der Waals surface area contributed by atoms with Gasteiger partial charge in [0, 0.05) is 23.2 Å². The molecule has 0 saturated carbocycles. The Morgan fingerprint density at radius 1 is 1.44 bits per heavy atom. The Hall–Kier alpha value is -0.770. The molecular weight excluding hydrogens is 250 g/mol. The number of hydrogen-bond donors (Lipinski definition) is 1. The molecule has 0 aliphatic carbocycles. The van der Waals surface area contributed by atoms with Gasteiger partial charge in [0.2, 0.25) is 0 Å². The molecule has 0 radical (unpaired) electrons. The highest BCUT2D eigenvalue weighted by Crippen LogP contribution is 2.37. The van der Waals surface area contributed by atoms with Crippen molar-refractivity contribution in [1.29, 1.82) is 0 Å².